The zero-order valence-electron chi connectivity index (χ0n) is 8.29. The minimum Gasteiger partial charge on any atom is -0.206 e. The average Bonchev–Trinajstić information content (AvgIpc) is 2.49. The summed E-state index contributed by atoms with van der Waals surface area (Å²) in [5, 5.41) is 0. The Balaban J connectivity index is 2.20. The van der Waals surface area contributed by atoms with Crippen molar-refractivity contribution in [1.82, 2.24) is 4.72 Å². The van der Waals surface area contributed by atoms with E-state index in [0.29, 0.717) is 4.21 Å². The van der Waals surface area contributed by atoms with E-state index in [1.54, 1.807) is 12.1 Å². The van der Waals surface area contributed by atoms with Crippen LogP contribution in [0.25, 0.3) is 0 Å². The van der Waals surface area contributed by atoms with Gasteiger partial charge in [-0.3, -0.25) is 0 Å². The Hall–Kier alpha value is 0.0900. The van der Waals surface area contributed by atoms with Gasteiger partial charge in [0.1, 0.15) is 4.21 Å². The fourth-order valence-electron chi connectivity index (χ4n) is 1.63. The number of halogens is 1. The van der Waals surface area contributed by atoms with E-state index in [1.807, 2.05) is 6.92 Å². The molecule has 1 N–H and O–H groups in total. The lowest BCUT2D eigenvalue weighted by atomic mass is 9.80. The van der Waals surface area contributed by atoms with Gasteiger partial charge in [-0.05, 0) is 54.2 Å². The first-order valence-corrected chi connectivity index (χ1v) is 7.80. The summed E-state index contributed by atoms with van der Waals surface area (Å²) in [7, 11) is -3.32. The molecular formula is C9H12BrNO2S2. The van der Waals surface area contributed by atoms with Gasteiger partial charge in [0.25, 0.3) is 10.0 Å². The van der Waals surface area contributed by atoms with Crippen LogP contribution in [0.5, 0.6) is 0 Å². The van der Waals surface area contributed by atoms with Crippen LogP contribution in [0.3, 0.4) is 0 Å². The molecule has 0 amide bonds. The molecule has 15 heavy (non-hydrogen) atoms. The Morgan fingerprint density at radius 2 is 2.13 bits per heavy atom. The third-order valence-corrected chi connectivity index (χ3v) is 6.41. The average molecular weight is 310 g/mol. The monoisotopic (exact) mass is 309 g/mol. The maximum Gasteiger partial charge on any atom is 0.250 e. The second-order valence-corrected chi connectivity index (χ2v) is 8.45. The quantitative estimate of drug-likeness (QED) is 0.933. The summed E-state index contributed by atoms with van der Waals surface area (Å²) >= 11 is 4.50. The van der Waals surface area contributed by atoms with Crippen molar-refractivity contribution < 1.29 is 8.42 Å². The number of sulfonamides is 1. The highest BCUT2D eigenvalue weighted by atomic mass is 79.9. The van der Waals surface area contributed by atoms with Gasteiger partial charge in [-0.25, -0.2) is 13.1 Å². The van der Waals surface area contributed by atoms with E-state index in [0.717, 1.165) is 23.0 Å². The molecule has 0 unspecified atom stereocenters. The molecule has 1 fully saturated rings. The Labute approximate surface area is 102 Å². The first-order chi connectivity index (χ1) is 6.91. The smallest absolute Gasteiger partial charge is 0.206 e. The van der Waals surface area contributed by atoms with Gasteiger partial charge in [0.2, 0.25) is 0 Å². The van der Waals surface area contributed by atoms with Crippen molar-refractivity contribution in [2.24, 2.45) is 0 Å². The van der Waals surface area contributed by atoms with Crippen LogP contribution in [0, 0.1) is 0 Å². The molecule has 0 aromatic carbocycles. The SMILES string of the molecule is CC1(NS(=O)(=O)c2ccc(Br)s2)CCC1. The topological polar surface area (TPSA) is 46.2 Å². The van der Waals surface area contributed by atoms with Gasteiger partial charge in [-0.1, -0.05) is 0 Å². The molecular weight excluding hydrogens is 298 g/mol. The summed E-state index contributed by atoms with van der Waals surface area (Å²) in [5.74, 6) is 0. The molecule has 6 heteroatoms. The fourth-order valence-corrected chi connectivity index (χ4v) is 5.10. The summed E-state index contributed by atoms with van der Waals surface area (Å²) < 4.78 is 27.8. The lowest BCUT2D eigenvalue weighted by Crippen LogP contribution is -2.50. The summed E-state index contributed by atoms with van der Waals surface area (Å²) in [4.78, 5) is 0. The Bertz CT molecular complexity index is 462. The van der Waals surface area contributed by atoms with E-state index >= 15 is 0 Å². The van der Waals surface area contributed by atoms with E-state index in [-0.39, 0.29) is 5.54 Å². The Morgan fingerprint density at radius 1 is 1.47 bits per heavy atom. The predicted molar refractivity (Wildman–Crippen MR) is 64.6 cm³/mol. The van der Waals surface area contributed by atoms with Gasteiger partial charge in [0.05, 0.1) is 3.79 Å². The minimum absolute atomic E-state index is 0.227. The summed E-state index contributed by atoms with van der Waals surface area (Å²) in [5.41, 5.74) is -0.227. The van der Waals surface area contributed by atoms with Crippen molar-refractivity contribution in [2.45, 2.75) is 35.9 Å². The van der Waals surface area contributed by atoms with Crippen LogP contribution in [-0.4, -0.2) is 14.0 Å². The van der Waals surface area contributed by atoms with Crippen molar-refractivity contribution in [3.63, 3.8) is 0 Å². The van der Waals surface area contributed by atoms with Gasteiger partial charge >= 0.3 is 0 Å². The molecule has 84 valence electrons. The van der Waals surface area contributed by atoms with E-state index in [4.69, 9.17) is 0 Å². The van der Waals surface area contributed by atoms with Gasteiger partial charge in [0.15, 0.2) is 0 Å². The number of thiophene rings is 1. The molecule has 0 spiro atoms. The summed E-state index contributed by atoms with van der Waals surface area (Å²) in [6.45, 7) is 1.96. The van der Waals surface area contributed by atoms with Crippen molar-refractivity contribution in [3.8, 4) is 0 Å². The van der Waals surface area contributed by atoms with Gasteiger partial charge in [-0.2, -0.15) is 0 Å². The Kier molecular flexibility index (Phi) is 2.96. The van der Waals surface area contributed by atoms with Crippen LogP contribution >= 0.6 is 27.3 Å². The Morgan fingerprint density at radius 3 is 2.53 bits per heavy atom. The number of nitrogens with one attached hydrogen (secondary N) is 1. The second-order valence-electron chi connectivity index (χ2n) is 4.08. The van der Waals surface area contributed by atoms with Crippen LogP contribution in [0.1, 0.15) is 26.2 Å². The molecule has 0 atom stereocenters. The van der Waals surface area contributed by atoms with Crippen LogP contribution < -0.4 is 4.72 Å². The van der Waals surface area contributed by atoms with Crippen molar-refractivity contribution >= 4 is 37.3 Å². The molecule has 1 aliphatic carbocycles. The molecule has 1 aromatic heterocycles. The first kappa shape index (κ1) is 11.6. The zero-order chi connectivity index (χ0) is 11.1. The van der Waals surface area contributed by atoms with E-state index in [1.165, 1.54) is 11.3 Å². The van der Waals surface area contributed by atoms with E-state index in [2.05, 4.69) is 20.7 Å². The zero-order valence-corrected chi connectivity index (χ0v) is 11.5. The van der Waals surface area contributed by atoms with E-state index in [9.17, 15) is 8.42 Å². The van der Waals surface area contributed by atoms with Gasteiger partial charge in [0, 0.05) is 5.54 Å². The highest BCUT2D eigenvalue weighted by Gasteiger charge is 2.36. The third kappa shape index (κ3) is 2.43. The van der Waals surface area contributed by atoms with Crippen LogP contribution in [0.2, 0.25) is 0 Å². The molecule has 1 aliphatic rings. The molecule has 2 rings (SSSR count). The van der Waals surface area contributed by atoms with Gasteiger partial charge < -0.3 is 0 Å². The summed E-state index contributed by atoms with van der Waals surface area (Å²) in [6, 6.07) is 3.38. The largest absolute Gasteiger partial charge is 0.250 e. The number of hydrogen-bond donors (Lipinski definition) is 1. The minimum atomic E-state index is -3.32. The standard InChI is InChI=1S/C9H12BrNO2S2/c1-9(5-2-6-9)11-15(12,13)8-4-3-7(10)14-8/h3-4,11H,2,5-6H2,1H3. The highest BCUT2D eigenvalue weighted by molar-refractivity contribution is 9.11. The molecule has 0 saturated heterocycles. The lowest BCUT2D eigenvalue weighted by molar-refractivity contribution is 0.248. The van der Waals surface area contributed by atoms with E-state index < -0.39 is 10.0 Å². The number of rotatable bonds is 3. The molecule has 1 aromatic rings. The van der Waals surface area contributed by atoms with Crippen molar-refractivity contribution in [3.05, 3.63) is 15.9 Å². The fraction of sp³-hybridized carbons (Fsp3) is 0.556. The first-order valence-electron chi connectivity index (χ1n) is 4.71. The lowest BCUT2D eigenvalue weighted by Gasteiger charge is -2.38. The number of hydrogen-bond acceptors (Lipinski definition) is 3. The van der Waals surface area contributed by atoms with Crippen molar-refractivity contribution in [1.29, 1.82) is 0 Å². The molecule has 1 heterocycles. The third-order valence-electron chi connectivity index (χ3n) is 2.65. The molecule has 1 saturated carbocycles. The van der Waals surface area contributed by atoms with Crippen LogP contribution in [-0.2, 0) is 10.0 Å². The summed E-state index contributed by atoms with van der Waals surface area (Å²) in [6.07, 6.45) is 2.96. The molecule has 3 nitrogen and oxygen atoms in total. The highest BCUT2D eigenvalue weighted by Crippen LogP contribution is 2.34. The maximum atomic E-state index is 11.9. The van der Waals surface area contributed by atoms with Gasteiger partial charge in [-0.15, -0.1) is 11.3 Å². The normalized spacial score (nSPS) is 19.9. The molecule has 0 aliphatic heterocycles. The predicted octanol–water partition coefficient (Wildman–Crippen LogP) is 2.73. The second kappa shape index (κ2) is 3.84. The van der Waals surface area contributed by atoms with Crippen molar-refractivity contribution in [2.75, 3.05) is 0 Å². The molecule has 0 bridgehead atoms. The molecule has 0 radical (unpaired) electrons. The van der Waals surface area contributed by atoms with Crippen LogP contribution in [0.4, 0.5) is 0 Å². The van der Waals surface area contributed by atoms with Crippen LogP contribution in [0.15, 0.2) is 20.1 Å². The maximum absolute atomic E-state index is 11.9.